The topological polar surface area (TPSA) is 52.7 Å². The number of hydrogen-bond acceptors (Lipinski definition) is 3. The average Bonchev–Trinajstić information content (AvgIpc) is 3.65. The first-order valence-corrected chi connectivity index (χ1v) is 12.0. The zero-order valence-corrected chi connectivity index (χ0v) is 19.2. The van der Waals surface area contributed by atoms with Gasteiger partial charge in [0.15, 0.2) is 0 Å². The van der Waals surface area contributed by atoms with E-state index in [9.17, 15) is 9.59 Å². The van der Waals surface area contributed by atoms with E-state index in [4.69, 9.17) is 0 Å². The molecule has 1 saturated carbocycles. The Bertz CT molecular complexity index is 898. The van der Waals surface area contributed by atoms with Crippen LogP contribution in [0, 0.1) is 12.8 Å². The van der Waals surface area contributed by atoms with Crippen molar-refractivity contribution in [2.75, 3.05) is 31.1 Å². The SMILES string of the molecule is Cc1ccc(CN(C(=O)C2CC2)c2ccc(CC(=O)NCCN3CCCCC3)cc2)cc1. The molecule has 0 aromatic heterocycles. The molecule has 2 amide bonds. The van der Waals surface area contributed by atoms with Crippen LogP contribution in [-0.2, 0) is 22.6 Å². The van der Waals surface area contributed by atoms with Gasteiger partial charge in [-0.1, -0.05) is 48.4 Å². The molecular formula is C27H35N3O2. The molecule has 1 aliphatic carbocycles. The lowest BCUT2D eigenvalue weighted by Gasteiger charge is -2.26. The van der Waals surface area contributed by atoms with Crippen LogP contribution < -0.4 is 10.2 Å². The van der Waals surface area contributed by atoms with Crippen molar-refractivity contribution in [3.05, 3.63) is 65.2 Å². The molecule has 2 fully saturated rings. The summed E-state index contributed by atoms with van der Waals surface area (Å²) in [6.07, 6.45) is 6.20. The Labute approximate surface area is 191 Å². The van der Waals surface area contributed by atoms with E-state index in [1.165, 1.54) is 24.8 Å². The molecule has 2 aromatic carbocycles. The number of hydrogen-bond donors (Lipinski definition) is 1. The molecule has 2 aromatic rings. The summed E-state index contributed by atoms with van der Waals surface area (Å²) in [5.41, 5.74) is 4.21. The Balaban J connectivity index is 1.32. The molecule has 1 aliphatic heterocycles. The van der Waals surface area contributed by atoms with Crippen LogP contribution in [0.4, 0.5) is 5.69 Å². The van der Waals surface area contributed by atoms with Crippen molar-refractivity contribution in [1.82, 2.24) is 10.2 Å². The van der Waals surface area contributed by atoms with Crippen LogP contribution in [-0.4, -0.2) is 42.9 Å². The first-order chi connectivity index (χ1) is 15.6. The largest absolute Gasteiger partial charge is 0.355 e. The maximum Gasteiger partial charge on any atom is 0.230 e. The van der Waals surface area contributed by atoms with Gasteiger partial charge in [0.1, 0.15) is 0 Å². The van der Waals surface area contributed by atoms with Gasteiger partial charge in [0.2, 0.25) is 11.8 Å². The fourth-order valence-electron chi connectivity index (χ4n) is 4.30. The number of piperidine rings is 1. The van der Waals surface area contributed by atoms with Crippen molar-refractivity contribution in [3.8, 4) is 0 Å². The highest BCUT2D eigenvalue weighted by atomic mass is 16.2. The number of nitrogens with one attached hydrogen (secondary N) is 1. The lowest BCUT2D eigenvalue weighted by atomic mass is 10.1. The molecule has 1 N–H and O–H groups in total. The molecule has 2 aliphatic rings. The molecule has 5 heteroatoms. The summed E-state index contributed by atoms with van der Waals surface area (Å²) in [6, 6.07) is 16.2. The molecule has 1 heterocycles. The highest BCUT2D eigenvalue weighted by Gasteiger charge is 2.34. The predicted molar refractivity (Wildman–Crippen MR) is 129 cm³/mol. The van der Waals surface area contributed by atoms with Gasteiger partial charge in [-0.3, -0.25) is 9.59 Å². The summed E-state index contributed by atoms with van der Waals surface area (Å²) < 4.78 is 0. The number of likely N-dealkylation sites (tertiary alicyclic amines) is 1. The third-order valence-corrected chi connectivity index (χ3v) is 6.47. The summed E-state index contributed by atoms with van der Waals surface area (Å²) in [6.45, 7) is 6.58. The third kappa shape index (κ3) is 6.42. The quantitative estimate of drug-likeness (QED) is 0.648. The summed E-state index contributed by atoms with van der Waals surface area (Å²) in [5.74, 6) is 0.417. The number of benzene rings is 2. The summed E-state index contributed by atoms with van der Waals surface area (Å²) in [7, 11) is 0. The molecule has 5 nitrogen and oxygen atoms in total. The number of carbonyl (C=O) groups excluding carboxylic acids is 2. The summed E-state index contributed by atoms with van der Waals surface area (Å²) in [5, 5.41) is 3.05. The van der Waals surface area contributed by atoms with Crippen molar-refractivity contribution in [2.45, 2.75) is 52.0 Å². The van der Waals surface area contributed by atoms with E-state index in [2.05, 4.69) is 41.4 Å². The molecule has 32 heavy (non-hydrogen) atoms. The van der Waals surface area contributed by atoms with Crippen molar-refractivity contribution in [1.29, 1.82) is 0 Å². The van der Waals surface area contributed by atoms with Crippen molar-refractivity contribution >= 4 is 17.5 Å². The predicted octanol–water partition coefficient (Wildman–Crippen LogP) is 4.08. The second-order valence-electron chi connectivity index (χ2n) is 9.28. The van der Waals surface area contributed by atoms with Gasteiger partial charge in [0, 0.05) is 24.7 Å². The maximum atomic E-state index is 12.9. The zero-order valence-electron chi connectivity index (χ0n) is 19.2. The molecule has 1 saturated heterocycles. The van der Waals surface area contributed by atoms with E-state index < -0.39 is 0 Å². The van der Waals surface area contributed by atoms with Crippen LogP contribution in [0.1, 0.15) is 48.8 Å². The second kappa shape index (κ2) is 10.8. The zero-order chi connectivity index (χ0) is 22.3. The molecule has 0 bridgehead atoms. The fraction of sp³-hybridized carbons (Fsp3) is 0.481. The Morgan fingerprint density at radius 2 is 1.59 bits per heavy atom. The molecule has 0 spiro atoms. The minimum atomic E-state index is 0.0559. The van der Waals surface area contributed by atoms with Gasteiger partial charge in [0.05, 0.1) is 13.0 Å². The van der Waals surface area contributed by atoms with E-state index in [0.717, 1.165) is 49.3 Å². The average molecular weight is 434 g/mol. The van der Waals surface area contributed by atoms with E-state index in [1.807, 2.05) is 29.2 Å². The highest BCUT2D eigenvalue weighted by Crippen LogP contribution is 2.33. The number of anilines is 1. The van der Waals surface area contributed by atoms with E-state index in [1.54, 1.807) is 0 Å². The van der Waals surface area contributed by atoms with Gasteiger partial charge in [0.25, 0.3) is 0 Å². The lowest BCUT2D eigenvalue weighted by molar-refractivity contribution is -0.121. The van der Waals surface area contributed by atoms with Crippen LogP contribution in [0.15, 0.2) is 48.5 Å². The van der Waals surface area contributed by atoms with Crippen molar-refractivity contribution in [2.24, 2.45) is 5.92 Å². The summed E-state index contributed by atoms with van der Waals surface area (Å²) in [4.78, 5) is 29.6. The number of nitrogens with zero attached hydrogens (tertiary/aromatic N) is 2. The van der Waals surface area contributed by atoms with Gasteiger partial charge in [-0.05, 0) is 69.0 Å². The molecule has 0 unspecified atom stereocenters. The molecule has 4 rings (SSSR count). The Morgan fingerprint density at radius 1 is 0.938 bits per heavy atom. The first-order valence-electron chi connectivity index (χ1n) is 12.0. The number of amides is 2. The van der Waals surface area contributed by atoms with Gasteiger partial charge in [-0.25, -0.2) is 0 Å². The standard InChI is InChI=1S/C27H35N3O2/c1-21-5-7-23(8-6-21)20-30(27(32)24-11-12-24)25-13-9-22(10-14-25)19-26(31)28-15-18-29-16-3-2-4-17-29/h5-10,13-14,24H,2-4,11-12,15-20H2,1H3,(H,28,31). The Morgan fingerprint density at radius 3 is 2.25 bits per heavy atom. The second-order valence-corrected chi connectivity index (χ2v) is 9.28. The molecular weight excluding hydrogens is 398 g/mol. The number of rotatable bonds is 9. The third-order valence-electron chi connectivity index (χ3n) is 6.47. The summed E-state index contributed by atoms with van der Waals surface area (Å²) >= 11 is 0. The van der Waals surface area contributed by atoms with Crippen molar-refractivity contribution in [3.63, 3.8) is 0 Å². The van der Waals surface area contributed by atoms with E-state index in [0.29, 0.717) is 19.5 Å². The lowest BCUT2D eigenvalue weighted by Crippen LogP contribution is -2.38. The van der Waals surface area contributed by atoms with Crippen LogP contribution in [0.25, 0.3) is 0 Å². The smallest absolute Gasteiger partial charge is 0.230 e. The molecule has 170 valence electrons. The Kier molecular flexibility index (Phi) is 7.59. The number of carbonyl (C=O) groups is 2. The van der Waals surface area contributed by atoms with Gasteiger partial charge < -0.3 is 15.1 Å². The van der Waals surface area contributed by atoms with Crippen LogP contribution in [0.3, 0.4) is 0 Å². The van der Waals surface area contributed by atoms with Gasteiger partial charge in [-0.15, -0.1) is 0 Å². The molecule has 0 radical (unpaired) electrons. The van der Waals surface area contributed by atoms with Crippen LogP contribution >= 0.6 is 0 Å². The van der Waals surface area contributed by atoms with Crippen LogP contribution in [0.5, 0.6) is 0 Å². The van der Waals surface area contributed by atoms with Gasteiger partial charge >= 0.3 is 0 Å². The minimum absolute atomic E-state index is 0.0559. The van der Waals surface area contributed by atoms with Gasteiger partial charge in [-0.2, -0.15) is 0 Å². The van der Waals surface area contributed by atoms with Crippen LogP contribution in [0.2, 0.25) is 0 Å². The van der Waals surface area contributed by atoms with Crippen molar-refractivity contribution < 1.29 is 9.59 Å². The normalized spacial score (nSPS) is 16.5. The van der Waals surface area contributed by atoms with E-state index in [-0.39, 0.29) is 17.7 Å². The maximum absolute atomic E-state index is 12.9. The fourth-order valence-corrected chi connectivity index (χ4v) is 4.30. The highest BCUT2D eigenvalue weighted by molar-refractivity contribution is 5.96. The van der Waals surface area contributed by atoms with E-state index >= 15 is 0 Å². The molecule has 0 atom stereocenters. The monoisotopic (exact) mass is 433 g/mol. The minimum Gasteiger partial charge on any atom is -0.355 e. The number of aryl methyl sites for hydroxylation is 1. The first kappa shape index (κ1) is 22.5. The Hall–Kier alpha value is -2.66.